The second-order valence-electron chi connectivity index (χ2n) is 5.34. The van der Waals surface area contributed by atoms with Crippen LogP contribution < -0.4 is 10.1 Å². The van der Waals surface area contributed by atoms with E-state index >= 15 is 0 Å². The quantitative estimate of drug-likeness (QED) is 0.787. The van der Waals surface area contributed by atoms with E-state index in [0.717, 1.165) is 17.0 Å². The number of ether oxygens (including phenoxy) is 2. The molecule has 2 aromatic rings. The lowest BCUT2D eigenvalue weighted by molar-refractivity contribution is 0.102. The highest BCUT2D eigenvalue weighted by Crippen LogP contribution is 2.18. The fourth-order valence-electron chi connectivity index (χ4n) is 2.21. The van der Waals surface area contributed by atoms with Crippen LogP contribution in [0, 0.1) is 13.8 Å². The molecule has 0 radical (unpaired) electrons. The first-order chi connectivity index (χ1) is 11.1. The van der Waals surface area contributed by atoms with Gasteiger partial charge >= 0.3 is 0 Å². The van der Waals surface area contributed by atoms with Crippen LogP contribution in [0.15, 0.2) is 42.5 Å². The van der Waals surface area contributed by atoms with Gasteiger partial charge in [0, 0.05) is 17.9 Å². The van der Waals surface area contributed by atoms with Crippen molar-refractivity contribution < 1.29 is 14.3 Å². The number of benzene rings is 2. The molecule has 0 saturated carbocycles. The first kappa shape index (κ1) is 17.0. The van der Waals surface area contributed by atoms with E-state index < -0.39 is 0 Å². The molecule has 0 unspecified atom stereocenters. The van der Waals surface area contributed by atoms with E-state index in [-0.39, 0.29) is 5.91 Å². The molecule has 0 atom stereocenters. The molecule has 0 bridgehead atoms. The molecular weight excluding hydrogens is 290 g/mol. The van der Waals surface area contributed by atoms with Crippen LogP contribution in [0.2, 0.25) is 0 Å². The lowest BCUT2D eigenvalue weighted by atomic mass is 10.1. The minimum atomic E-state index is -0.127. The normalized spacial score (nSPS) is 10.4. The summed E-state index contributed by atoms with van der Waals surface area (Å²) in [6, 6.07) is 13.1. The van der Waals surface area contributed by atoms with Crippen LogP contribution >= 0.6 is 0 Å². The molecule has 0 heterocycles. The van der Waals surface area contributed by atoms with E-state index in [0.29, 0.717) is 25.4 Å². The number of hydrogen-bond acceptors (Lipinski definition) is 3. The lowest BCUT2D eigenvalue weighted by Gasteiger charge is -2.10. The van der Waals surface area contributed by atoms with E-state index in [4.69, 9.17) is 9.47 Å². The first-order valence-electron chi connectivity index (χ1n) is 7.79. The molecule has 0 aliphatic rings. The second-order valence-corrected chi connectivity index (χ2v) is 5.34. The van der Waals surface area contributed by atoms with Gasteiger partial charge in [0.05, 0.1) is 6.61 Å². The summed E-state index contributed by atoms with van der Waals surface area (Å²) in [5.41, 5.74) is 3.66. The van der Waals surface area contributed by atoms with Gasteiger partial charge in [0.2, 0.25) is 0 Å². The average molecular weight is 313 g/mol. The summed E-state index contributed by atoms with van der Waals surface area (Å²) < 4.78 is 10.8. The molecule has 0 aromatic heterocycles. The zero-order valence-electron chi connectivity index (χ0n) is 13.9. The first-order valence-corrected chi connectivity index (χ1v) is 7.79. The Labute approximate surface area is 137 Å². The van der Waals surface area contributed by atoms with Gasteiger partial charge in [0.1, 0.15) is 12.4 Å². The number of carbonyl (C=O) groups excluding carboxylic acids is 1. The summed E-state index contributed by atoms with van der Waals surface area (Å²) in [6.45, 7) is 7.71. The number of rotatable bonds is 7. The topological polar surface area (TPSA) is 47.6 Å². The van der Waals surface area contributed by atoms with Crippen LogP contribution in [0.1, 0.15) is 28.4 Å². The monoisotopic (exact) mass is 313 g/mol. The molecule has 0 spiro atoms. The predicted octanol–water partition coefficient (Wildman–Crippen LogP) is 3.97. The van der Waals surface area contributed by atoms with E-state index in [1.165, 1.54) is 5.56 Å². The third-order valence-corrected chi connectivity index (χ3v) is 3.45. The number of nitrogens with one attached hydrogen (secondary N) is 1. The van der Waals surface area contributed by atoms with Crippen molar-refractivity contribution in [2.24, 2.45) is 0 Å². The van der Waals surface area contributed by atoms with Crippen molar-refractivity contribution in [3.8, 4) is 5.75 Å². The lowest BCUT2D eigenvalue weighted by Crippen LogP contribution is -2.13. The number of anilines is 1. The van der Waals surface area contributed by atoms with Crippen LogP contribution in [0.5, 0.6) is 5.75 Å². The molecule has 122 valence electrons. The molecule has 0 aliphatic carbocycles. The van der Waals surface area contributed by atoms with E-state index in [2.05, 4.69) is 5.32 Å². The molecule has 4 nitrogen and oxygen atoms in total. The standard InChI is InChI=1S/C19H23NO3/c1-4-22-11-12-23-17-8-6-16(7-9-17)19(21)20-18-10-5-14(2)13-15(18)3/h5-10,13H,4,11-12H2,1-3H3,(H,20,21). The van der Waals surface area contributed by atoms with Crippen LogP contribution in [0.4, 0.5) is 5.69 Å². The van der Waals surface area contributed by atoms with Crippen molar-refractivity contribution in [1.82, 2.24) is 0 Å². The number of carbonyl (C=O) groups is 1. The van der Waals surface area contributed by atoms with Crippen molar-refractivity contribution in [2.75, 3.05) is 25.1 Å². The van der Waals surface area contributed by atoms with Gasteiger partial charge in [-0.15, -0.1) is 0 Å². The number of amides is 1. The van der Waals surface area contributed by atoms with Crippen molar-refractivity contribution in [3.63, 3.8) is 0 Å². The number of aryl methyl sites for hydroxylation is 2. The fourth-order valence-corrected chi connectivity index (χ4v) is 2.21. The molecule has 4 heteroatoms. The maximum atomic E-state index is 12.3. The molecule has 0 fully saturated rings. The molecular formula is C19H23NO3. The highest BCUT2D eigenvalue weighted by Gasteiger charge is 2.08. The average Bonchev–Trinajstić information content (AvgIpc) is 2.55. The molecule has 1 N–H and O–H groups in total. The highest BCUT2D eigenvalue weighted by atomic mass is 16.5. The highest BCUT2D eigenvalue weighted by molar-refractivity contribution is 6.04. The van der Waals surface area contributed by atoms with Crippen LogP contribution in [0.25, 0.3) is 0 Å². The van der Waals surface area contributed by atoms with Gasteiger partial charge in [-0.1, -0.05) is 17.7 Å². The summed E-state index contributed by atoms with van der Waals surface area (Å²) in [6.07, 6.45) is 0. The van der Waals surface area contributed by atoms with Crippen LogP contribution in [-0.4, -0.2) is 25.7 Å². The Morgan fingerprint density at radius 3 is 2.43 bits per heavy atom. The van der Waals surface area contributed by atoms with Crippen LogP contribution in [-0.2, 0) is 4.74 Å². The van der Waals surface area contributed by atoms with Gasteiger partial charge in [-0.25, -0.2) is 0 Å². The Bertz CT molecular complexity index is 650. The molecule has 0 aliphatic heterocycles. The fraction of sp³-hybridized carbons (Fsp3) is 0.316. The zero-order valence-corrected chi connectivity index (χ0v) is 13.9. The Kier molecular flexibility index (Phi) is 6.18. The minimum absolute atomic E-state index is 0.127. The van der Waals surface area contributed by atoms with E-state index in [1.54, 1.807) is 24.3 Å². The smallest absolute Gasteiger partial charge is 0.255 e. The molecule has 2 rings (SSSR count). The van der Waals surface area contributed by atoms with Crippen molar-refractivity contribution >= 4 is 11.6 Å². The van der Waals surface area contributed by atoms with Crippen molar-refractivity contribution in [3.05, 3.63) is 59.2 Å². The molecule has 1 amide bonds. The predicted molar refractivity (Wildman–Crippen MR) is 92.3 cm³/mol. The maximum Gasteiger partial charge on any atom is 0.255 e. The van der Waals surface area contributed by atoms with Gasteiger partial charge in [0.15, 0.2) is 0 Å². The summed E-state index contributed by atoms with van der Waals surface area (Å²) in [4.78, 5) is 12.3. The van der Waals surface area contributed by atoms with Crippen molar-refractivity contribution in [2.45, 2.75) is 20.8 Å². The van der Waals surface area contributed by atoms with Gasteiger partial charge in [0.25, 0.3) is 5.91 Å². The van der Waals surface area contributed by atoms with E-state index in [9.17, 15) is 4.79 Å². The van der Waals surface area contributed by atoms with Gasteiger partial charge in [-0.3, -0.25) is 4.79 Å². The van der Waals surface area contributed by atoms with Crippen LogP contribution in [0.3, 0.4) is 0 Å². The van der Waals surface area contributed by atoms with Gasteiger partial charge < -0.3 is 14.8 Å². The third-order valence-electron chi connectivity index (χ3n) is 3.45. The molecule has 0 saturated heterocycles. The third kappa shape index (κ3) is 5.11. The second kappa shape index (κ2) is 8.34. The SMILES string of the molecule is CCOCCOc1ccc(C(=O)Nc2ccc(C)cc2C)cc1. The zero-order chi connectivity index (χ0) is 16.7. The largest absolute Gasteiger partial charge is 0.491 e. The Morgan fingerprint density at radius 1 is 1.04 bits per heavy atom. The maximum absolute atomic E-state index is 12.3. The summed E-state index contributed by atoms with van der Waals surface area (Å²) in [7, 11) is 0. The summed E-state index contributed by atoms with van der Waals surface area (Å²) in [5.74, 6) is 0.602. The molecule has 2 aromatic carbocycles. The summed E-state index contributed by atoms with van der Waals surface area (Å²) in [5, 5.41) is 2.93. The Hall–Kier alpha value is -2.33. The Balaban J connectivity index is 1.94. The van der Waals surface area contributed by atoms with Crippen molar-refractivity contribution in [1.29, 1.82) is 0 Å². The number of hydrogen-bond donors (Lipinski definition) is 1. The summed E-state index contributed by atoms with van der Waals surface area (Å²) >= 11 is 0. The van der Waals surface area contributed by atoms with Gasteiger partial charge in [-0.05, 0) is 56.7 Å². The minimum Gasteiger partial charge on any atom is -0.491 e. The van der Waals surface area contributed by atoms with E-state index in [1.807, 2.05) is 39.0 Å². The Morgan fingerprint density at radius 2 is 1.78 bits per heavy atom. The van der Waals surface area contributed by atoms with Gasteiger partial charge in [-0.2, -0.15) is 0 Å². The molecule has 23 heavy (non-hydrogen) atoms.